The average Bonchev–Trinajstić information content (AvgIpc) is 2.28. The van der Waals surface area contributed by atoms with Gasteiger partial charge in [0.2, 0.25) is 0 Å². The lowest BCUT2D eigenvalue weighted by molar-refractivity contribution is 0.281. The normalized spacial score (nSPS) is 10.3. The van der Waals surface area contributed by atoms with Crippen molar-refractivity contribution in [3.05, 3.63) is 28.2 Å². The molecule has 0 unspecified atom stereocenters. The standard InChI is InChI=1S/C11H15BrN2O2S/c12-8-2-1-3-9(10(8)11(13)17)14(4-6-15)5-7-16/h1-3,15-16H,4-7H2,(H2,13,17). The van der Waals surface area contributed by atoms with E-state index in [1.54, 1.807) is 0 Å². The molecule has 1 aromatic rings. The molecule has 1 rings (SSSR count). The van der Waals surface area contributed by atoms with E-state index in [1.165, 1.54) is 0 Å². The number of nitrogens with two attached hydrogens (primary N) is 1. The highest BCUT2D eigenvalue weighted by atomic mass is 79.9. The highest BCUT2D eigenvalue weighted by molar-refractivity contribution is 9.10. The van der Waals surface area contributed by atoms with E-state index in [-0.39, 0.29) is 18.2 Å². The van der Waals surface area contributed by atoms with Gasteiger partial charge in [-0.25, -0.2) is 0 Å². The number of halogens is 1. The maximum Gasteiger partial charge on any atom is 0.107 e. The van der Waals surface area contributed by atoms with Crippen LogP contribution >= 0.6 is 28.1 Å². The van der Waals surface area contributed by atoms with Gasteiger partial charge in [0.05, 0.1) is 13.2 Å². The van der Waals surface area contributed by atoms with Gasteiger partial charge in [-0.3, -0.25) is 0 Å². The summed E-state index contributed by atoms with van der Waals surface area (Å²) >= 11 is 8.42. The summed E-state index contributed by atoms with van der Waals surface area (Å²) in [5, 5.41) is 18.0. The monoisotopic (exact) mass is 318 g/mol. The second-order valence-corrected chi connectivity index (χ2v) is 4.73. The molecule has 1 aromatic carbocycles. The summed E-state index contributed by atoms with van der Waals surface area (Å²) in [7, 11) is 0. The molecule has 4 N–H and O–H groups in total. The van der Waals surface area contributed by atoms with Gasteiger partial charge in [0.15, 0.2) is 0 Å². The zero-order valence-electron chi connectivity index (χ0n) is 9.27. The van der Waals surface area contributed by atoms with Crippen LogP contribution in [0.15, 0.2) is 22.7 Å². The molecule has 0 amide bonds. The topological polar surface area (TPSA) is 69.7 Å². The summed E-state index contributed by atoms with van der Waals surface area (Å²) in [4.78, 5) is 2.13. The number of aliphatic hydroxyl groups excluding tert-OH is 2. The SMILES string of the molecule is NC(=S)c1c(Br)cccc1N(CCO)CCO. The quantitative estimate of drug-likeness (QED) is 0.679. The third kappa shape index (κ3) is 3.64. The van der Waals surface area contributed by atoms with Crippen LogP contribution < -0.4 is 10.6 Å². The summed E-state index contributed by atoms with van der Waals surface area (Å²) in [6.45, 7) is 0.853. The molecule has 0 aliphatic carbocycles. The fourth-order valence-corrected chi connectivity index (χ4v) is 2.53. The van der Waals surface area contributed by atoms with Crippen molar-refractivity contribution in [1.82, 2.24) is 0 Å². The Balaban J connectivity index is 3.17. The van der Waals surface area contributed by atoms with Crippen molar-refractivity contribution < 1.29 is 10.2 Å². The number of benzene rings is 1. The predicted octanol–water partition coefficient (Wildman–Crippen LogP) is 0.874. The minimum absolute atomic E-state index is 0.00326. The second kappa shape index (κ2) is 6.90. The number of anilines is 1. The Labute approximate surface area is 114 Å². The number of hydrogen-bond acceptors (Lipinski definition) is 4. The molecule has 17 heavy (non-hydrogen) atoms. The molecule has 0 fully saturated rings. The van der Waals surface area contributed by atoms with E-state index < -0.39 is 0 Å². The molecule has 6 heteroatoms. The summed E-state index contributed by atoms with van der Waals surface area (Å²) in [6.07, 6.45) is 0. The predicted molar refractivity (Wildman–Crippen MR) is 76.4 cm³/mol. The van der Waals surface area contributed by atoms with Crippen LogP contribution in [0.4, 0.5) is 5.69 Å². The van der Waals surface area contributed by atoms with Crippen LogP contribution in [0, 0.1) is 0 Å². The van der Waals surface area contributed by atoms with E-state index in [0.717, 1.165) is 15.7 Å². The first kappa shape index (κ1) is 14.4. The van der Waals surface area contributed by atoms with Crippen LogP contribution in [0.2, 0.25) is 0 Å². The van der Waals surface area contributed by atoms with Crippen molar-refractivity contribution in [2.45, 2.75) is 0 Å². The zero-order chi connectivity index (χ0) is 12.8. The number of rotatable bonds is 6. The number of aliphatic hydroxyl groups is 2. The number of thiocarbonyl (C=S) groups is 1. The molecule has 0 saturated heterocycles. The first-order valence-electron chi connectivity index (χ1n) is 5.16. The average molecular weight is 319 g/mol. The molecule has 0 radical (unpaired) electrons. The molecular weight excluding hydrogens is 304 g/mol. The highest BCUT2D eigenvalue weighted by Crippen LogP contribution is 2.27. The van der Waals surface area contributed by atoms with Gasteiger partial charge in [-0.05, 0) is 28.1 Å². The minimum atomic E-state index is 0.00326. The maximum absolute atomic E-state index is 9.02. The van der Waals surface area contributed by atoms with E-state index >= 15 is 0 Å². The lowest BCUT2D eigenvalue weighted by Gasteiger charge is -2.25. The highest BCUT2D eigenvalue weighted by Gasteiger charge is 2.14. The molecule has 0 bridgehead atoms. The van der Waals surface area contributed by atoms with Gasteiger partial charge in [0.1, 0.15) is 4.99 Å². The van der Waals surface area contributed by atoms with E-state index in [9.17, 15) is 0 Å². The van der Waals surface area contributed by atoms with Gasteiger partial charge in [-0.15, -0.1) is 0 Å². The van der Waals surface area contributed by atoms with E-state index in [1.807, 2.05) is 23.1 Å². The van der Waals surface area contributed by atoms with Crippen molar-refractivity contribution in [3.63, 3.8) is 0 Å². The Kier molecular flexibility index (Phi) is 5.84. The fraction of sp³-hybridized carbons (Fsp3) is 0.364. The molecule has 0 spiro atoms. The molecule has 94 valence electrons. The molecule has 0 aliphatic rings. The molecule has 4 nitrogen and oxygen atoms in total. The molecule has 0 heterocycles. The number of hydrogen-bond donors (Lipinski definition) is 3. The molecule has 0 aromatic heterocycles. The van der Waals surface area contributed by atoms with Gasteiger partial charge >= 0.3 is 0 Å². The largest absolute Gasteiger partial charge is 0.395 e. The van der Waals surface area contributed by atoms with Crippen molar-refractivity contribution in [2.24, 2.45) is 5.73 Å². The molecule has 0 saturated carbocycles. The van der Waals surface area contributed by atoms with Crippen LogP contribution in [0.25, 0.3) is 0 Å². The van der Waals surface area contributed by atoms with E-state index in [2.05, 4.69) is 15.9 Å². The first-order chi connectivity index (χ1) is 8.11. The lowest BCUT2D eigenvalue weighted by atomic mass is 10.1. The van der Waals surface area contributed by atoms with Gasteiger partial charge in [-0.2, -0.15) is 0 Å². The van der Waals surface area contributed by atoms with Crippen LogP contribution in [-0.2, 0) is 0 Å². The summed E-state index contributed by atoms with van der Waals surface area (Å²) < 4.78 is 0.809. The van der Waals surface area contributed by atoms with Crippen molar-refractivity contribution in [3.8, 4) is 0 Å². The Morgan fingerprint density at radius 1 is 1.29 bits per heavy atom. The molecule has 0 atom stereocenters. The summed E-state index contributed by atoms with van der Waals surface area (Å²) in [5.41, 5.74) is 7.24. The third-order valence-electron chi connectivity index (χ3n) is 2.32. The van der Waals surface area contributed by atoms with Gasteiger partial charge < -0.3 is 20.8 Å². The Morgan fingerprint density at radius 3 is 2.35 bits per heavy atom. The number of nitrogens with zero attached hydrogens (tertiary/aromatic N) is 1. The van der Waals surface area contributed by atoms with E-state index in [0.29, 0.717) is 13.1 Å². The van der Waals surface area contributed by atoms with Crippen molar-refractivity contribution in [1.29, 1.82) is 0 Å². The maximum atomic E-state index is 9.02. The zero-order valence-corrected chi connectivity index (χ0v) is 11.7. The van der Waals surface area contributed by atoms with Gasteiger partial charge in [-0.1, -0.05) is 18.3 Å². The lowest BCUT2D eigenvalue weighted by Crippen LogP contribution is -2.31. The Morgan fingerprint density at radius 2 is 1.88 bits per heavy atom. The van der Waals surface area contributed by atoms with Crippen molar-refractivity contribution in [2.75, 3.05) is 31.2 Å². The second-order valence-electron chi connectivity index (χ2n) is 3.43. The third-order valence-corrected chi connectivity index (χ3v) is 3.18. The van der Waals surface area contributed by atoms with Crippen LogP contribution in [0.1, 0.15) is 5.56 Å². The minimum Gasteiger partial charge on any atom is -0.395 e. The van der Waals surface area contributed by atoms with Crippen LogP contribution in [-0.4, -0.2) is 41.5 Å². The Bertz CT molecular complexity index is 395. The first-order valence-corrected chi connectivity index (χ1v) is 6.37. The summed E-state index contributed by atoms with van der Waals surface area (Å²) in [5.74, 6) is 0. The summed E-state index contributed by atoms with van der Waals surface area (Å²) in [6, 6.07) is 5.58. The molecular formula is C11H15BrN2O2S. The fourth-order valence-electron chi connectivity index (χ4n) is 1.61. The smallest absolute Gasteiger partial charge is 0.107 e. The Hall–Kier alpha value is -0.690. The van der Waals surface area contributed by atoms with Crippen molar-refractivity contribution >= 4 is 38.8 Å². The van der Waals surface area contributed by atoms with Gasteiger partial charge in [0, 0.05) is 28.8 Å². The van der Waals surface area contributed by atoms with Crippen LogP contribution in [0.3, 0.4) is 0 Å². The van der Waals surface area contributed by atoms with Crippen LogP contribution in [0.5, 0.6) is 0 Å². The molecule has 0 aliphatic heterocycles. The van der Waals surface area contributed by atoms with E-state index in [4.69, 9.17) is 28.2 Å². The van der Waals surface area contributed by atoms with Gasteiger partial charge in [0.25, 0.3) is 0 Å².